The van der Waals surface area contributed by atoms with Gasteiger partial charge in [-0.25, -0.2) is 0 Å². The molecule has 1 aliphatic rings. The summed E-state index contributed by atoms with van der Waals surface area (Å²) in [5.74, 6) is 2.72. The van der Waals surface area contributed by atoms with Crippen LogP contribution in [0.5, 0.6) is 0 Å². The maximum absolute atomic E-state index is 5.53. The zero-order chi connectivity index (χ0) is 12.5. The molecule has 2 aromatic rings. The Morgan fingerprint density at radius 3 is 2.83 bits per heavy atom. The topological polar surface area (TPSA) is 25.2 Å². The minimum absolute atomic E-state index is 0.689. The Balaban J connectivity index is 1.54. The maximum Gasteiger partial charge on any atom is 0.105 e. The van der Waals surface area contributed by atoms with E-state index >= 15 is 0 Å². The van der Waals surface area contributed by atoms with Crippen LogP contribution in [-0.4, -0.2) is 6.54 Å². The Morgan fingerprint density at radius 1 is 1.28 bits per heavy atom. The summed E-state index contributed by atoms with van der Waals surface area (Å²) >= 11 is 0. The number of hydrogen-bond donors (Lipinski definition) is 1. The normalized spacial score (nSPS) is 17.3. The number of furan rings is 1. The van der Waals surface area contributed by atoms with Crippen LogP contribution >= 0.6 is 0 Å². The van der Waals surface area contributed by atoms with Crippen LogP contribution in [-0.2, 0) is 13.0 Å². The number of nitrogens with one attached hydrogen (secondary N) is 1. The van der Waals surface area contributed by atoms with Gasteiger partial charge in [0.15, 0.2) is 0 Å². The molecule has 94 valence electrons. The van der Waals surface area contributed by atoms with Gasteiger partial charge in [0, 0.05) is 24.6 Å². The van der Waals surface area contributed by atoms with Crippen LogP contribution in [0.15, 0.2) is 34.7 Å². The number of rotatable bonds is 4. The lowest BCUT2D eigenvalue weighted by Crippen LogP contribution is -2.28. The minimum Gasteiger partial charge on any atom is -0.466 e. The molecule has 1 aliphatic carbocycles. The van der Waals surface area contributed by atoms with Gasteiger partial charge in [0.05, 0.1) is 0 Å². The molecule has 0 radical (unpaired) electrons. The van der Waals surface area contributed by atoms with E-state index in [0.717, 1.165) is 24.6 Å². The highest BCUT2D eigenvalue weighted by Gasteiger charge is 2.24. The molecule has 3 rings (SSSR count). The Kier molecular flexibility index (Phi) is 2.96. The highest BCUT2D eigenvalue weighted by molar-refractivity contribution is 5.40. The van der Waals surface area contributed by atoms with Gasteiger partial charge in [-0.3, -0.25) is 0 Å². The van der Waals surface area contributed by atoms with Gasteiger partial charge in [-0.15, -0.1) is 0 Å². The Morgan fingerprint density at radius 2 is 2.11 bits per heavy atom. The molecule has 0 aliphatic heterocycles. The fraction of sp³-hybridized carbons (Fsp3) is 0.375. The molecule has 1 unspecified atom stereocenters. The summed E-state index contributed by atoms with van der Waals surface area (Å²) in [6.07, 6.45) is 1.21. The highest BCUT2D eigenvalue weighted by atomic mass is 16.3. The van der Waals surface area contributed by atoms with E-state index in [1.807, 2.05) is 13.8 Å². The van der Waals surface area contributed by atoms with Gasteiger partial charge in [-0.1, -0.05) is 24.3 Å². The Labute approximate surface area is 108 Å². The third-order valence-corrected chi connectivity index (χ3v) is 3.81. The van der Waals surface area contributed by atoms with Gasteiger partial charge in [0.25, 0.3) is 0 Å². The van der Waals surface area contributed by atoms with Crippen molar-refractivity contribution in [3.63, 3.8) is 0 Å². The fourth-order valence-electron chi connectivity index (χ4n) is 2.78. The largest absolute Gasteiger partial charge is 0.466 e. The predicted octanol–water partition coefficient (Wildman–Crippen LogP) is 3.33. The SMILES string of the molecule is Cc1cc(CNCC2Cc3ccccc32)c(C)o1. The predicted molar refractivity (Wildman–Crippen MR) is 72.8 cm³/mol. The third-order valence-electron chi connectivity index (χ3n) is 3.81. The number of aryl methyl sites for hydroxylation is 2. The first-order valence-electron chi connectivity index (χ1n) is 6.58. The van der Waals surface area contributed by atoms with Crippen LogP contribution in [0.25, 0.3) is 0 Å². The zero-order valence-corrected chi connectivity index (χ0v) is 11.0. The maximum atomic E-state index is 5.53. The Bertz CT molecular complexity index is 556. The molecular weight excluding hydrogens is 222 g/mol. The van der Waals surface area contributed by atoms with E-state index in [4.69, 9.17) is 4.42 Å². The van der Waals surface area contributed by atoms with Crippen molar-refractivity contribution < 1.29 is 4.42 Å². The van der Waals surface area contributed by atoms with Crippen molar-refractivity contribution >= 4 is 0 Å². The van der Waals surface area contributed by atoms with Gasteiger partial charge in [0.1, 0.15) is 11.5 Å². The standard InChI is InChI=1S/C16H19NO/c1-11-7-14(12(2)18-11)9-17-10-15-8-13-5-3-4-6-16(13)15/h3-7,15,17H,8-10H2,1-2H3. The molecule has 0 saturated heterocycles. The van der Waals surface area contributed by atoms with E-state index in [-0.39, 0.29) is 0 Å². The van der Waals surface area contributed by atoms with E-state index in [9.17, 15) is 0 Å². The molecule has 1 aromatic heterocycles. The summed E-state index contributed by atoms with van der Waals surface area (Å²) < 4.78 is 5.53. The van der Waals surface area contributed by atoms with Crippen molar-refractivity contribution in [3.8, 4) is 0 Å². The molecule has 2 heteroatoms. The molecule has 1 N–H and O–H groups in total. The molecule has 0 fully saturated rings. The van der Waals surface area contributed by atoms with Crippen molar-refractivity contribution in [2.45, 2.75) is 32.7 Å². The molecule has 0 saturated carbocycles. The first-order chi connectivity index (χ1) is 8.74. The summed E-state index contributed by atoms with van der Waals surface area (Å²) in [5, 5.41) is 3.54. The van der Waals surface area contributed by atoms with Crippen molar-refractivity contribution in [1.29, 1.82) is 0 Å². The second-order valence-corrected chi connectivity index (χ2v) is 5.17. The van der Waals surface area contributed by atoms with Crippen LogP contribution in [0, 0.1) is 13.8 Å². The van der Waals surface area contributed by atoms with Gasteiger partial charge in [-0.05, 0) is 37.5 Å². The third kappa shape index (κ3) is 2.08. The first kappa shape index (κ1) is 11.5. The summed E-state index contributed by atoms with van der Waals surface area (Å²) in [6.45, 7) is 5.99. The summed E-state index contributed by atoms with van der Waals surface area (Å²) in [6, 6.07) is 10.9. The van der Waals surface area contributed by atoms with Gasteiger partial charge in [-0.2, -0.15) is 0 Å². The van der Waals surface area contributed by atoms with Crippen LogP contribution in [0.1, 0.15) is 34.1 Å². The van der Waals surface area contributed by atoms with Crippen LogP contribution in [0.3, 0.4) is 0 Å². The number of fused-ring (bicyclic) bond motifs is 1. The van der Waals surface area contributed by atoms with Crippen LogP contribution in [0.2, 0.25) is 0 Å². The van der Waals surface area contributed by atoms with E-state index in [1.54, 1.807) is 0 Å². The lowest BCUT2D eigenvalue weighted by molar-refractivity contribution is 0.494. The molecular formula is C16H19NO. The molecule has 0 spiro atoms. The highest BCUT2D eigenvalue weighted by Crippen LogP contribution is 2.34. The molecule has 2 nitrogen and oxygen atoms in total. The molecule has 1 atom stereocenters. The van der Waals surface area contributed by atoms with Crippen molar-refractivity contribution in [3.05, 3.63) is 58.5 Å². The molecule has 18 heavy (non-hydrogen) atoms. The summed E-state index contributed by atoms with van der Waals surface area (Å²) in [5.41, 5.74) is 4.31. The van der Waals surface area contributed by atoms with Gasteiger partial charge < -0.3 is 9.73 Å². The van der Waals surface area contributed by atoms with Gasteiger partial charge in [0.2, 0.25) is 0 Å². The molecule has 0 bridgehead atoms. The minimum atomic E-state index is 0.689. The number of hydrogen-bond acceptors (Lipinski definition) is 2. The van der Waals surface area contributed by atoms with Crippen LogP contribution in [0.4, 0.5) is 0 Å². The summed E-state index contributed by atoms with van der Waals surface area (Å²) in [7, 11) is 0. The van der Waals surface area contributed by atoms with Crippen molar-refractivity contribution in [1.82, 2.24) is 5.32 Å². The quantitative estimate of drug-likeness (QED) is 0.888. The van der Waals surface area contributed by atoms with E-state index in [1.165, 1.54) is 23.1 Å². The average molecular weight is 241 g/mol. The summed E-state index contributed by atoms with van der Waals surface area (Å²) in [4.78, 5) is 0. The lowest BCUT2D eigenvalue weighted by Gasteiger charge is -2.30. The van der Waals surface area contributed by atoms with E-state index in [2.05, 4.69) is 35.6 Å². The van der Waals surface area contributed by atoms with Crippen molar-refractivity contribution in [2.75, 3.05) is 6.54 Å². The zero-order valence-electron chi connectivity index (χ0n) is 11.0. The Hall–Kier alpha value is -1.54. The monoisotopic (exact) mass is 241 g/mol. The molecule has 1 aromatic carbocycles. The van der Waals surface area contributed by atoms with E-state index in [0.29, 0.717) is 5.92 Å². The van der Waals surface area contributed by atoms with Crippen LogP contribution < -0.4 is 5.32 Å². The number of benzene rings is 1. The fourth-order valence-corrected chi connectivity index (χ4v) is 2.78. The van der Waals surface area contributed by atoms with Gasteiger partial charge >= 0.3 is 0 Å². The van der Waals surface area contributed by atoms with Crippen molar-refractivity contribution in [2.24, 2.45) is 0 Å². The lowest BCUT2D eigenvalue weighted by atomic mass is 9.77. The van der Waals surface area contributed by atoms with E-state index < -0.39 is 0 Å². The second kappa shape index (κ2) is 4.62. The second-order valence-electron chi connectivity index (χ2n) is 5.17. The smallest absolute Gasteiger partial charge is 0.105 e. The first-order valence-corrected chi connectivity index (χ1v) is 6.58. The molecule has 0 amide bonds. The molecule has 1 heterocycles. The average Bonchev–Trinajstić information content (AvgIpc) is 2.64.